The van der Waals surface area contributed by atoms with Crippen LogP contribution in [0.25, 0.3) is 0 Å². The fourth-order valence-electron chi connectivity index (χ4n) is 1.87. The van der Waals surface area contributed by atoms with Crippen LogP contribution in [0.3, 0.4) is 0 Å². The summed E-state index contributed by atoms with van der Waals surface area (Å²) in [6.07, 6.45) is 0.737. The molecular weight excluding hydrogens is 288 g/mol. The van der Waals surface area contributed by atoms with Gasteiger partial charge in [0.25, 0.3) is 0 Å². The summed E-state index contributed by atoms with van der Waals surface area (Å²) in [5, 5.41) is 3.22. The fourth-order valence-corrected chi connectivity index (χ4v) is 3.63. The van der Waals surface area contributed by atoms with Crippen LogP contribution in [0.4, 0.5) is 0 Å². The molecule has 1 heterocycles. The molecule has 0 amide bonds. The topological polar surface area (TPSA) is 62.6 Å². The number of hydrogen-bond acceptors (Lipinski definition) is 4. The molecule has 0 aliphatic rings. The molecule has 0 atom stereocenters. The number of hydrogen-bond donors (Lipinski definition) is 1. The summed E-state index contributed by atoms with van der Waals surface area (Å²) in [7, 11) is -1.92. The largest absolute Gasteiger partial charge is 0.464 e. The molecule has 0 aromatic carbocycles. The number of sulfonamides is 1. The van der Waals surface area contributed by atoms with Crippen LogP contribution in [0.1, 0.15) is 52.6 Å². The maximum absolute atomic E-state index is 12.8. The molecule has 0 unspecified atom stereocenters. The van der Waals surface area contributed by atoms with Crippen LogP contribution in [-0.4, -0.2) is 31.4 Å². The summed E-state index contributed by atoms with van der Waals surface area (Å²) in [6, 6.07) is 1.94. The Morgan fingerprint density at radius 1 is 1.38 bits per heavy atom. The van der Waals surface area contributed by atoms with E-state index in [0.717, 1.165) is 6.42 Å². The van der Waals surface area contributed by atoms with Crippen molar-refractivity contribution in [2.75, 3.05) is 7.05 Å². The van der Waals surface area contributed by atoms with Gasteiger partial charge in [0, 0.05) is 24.7 Å². The third-order valence-electron chi connectivity index (χ3n) is 3.96. The van der Waals surface area contributed by atoms with Crippen LogP contribution in [0.2, 0.25) is 0 Å². The number of aryl methyl sites for hydroxylation is 1. The molecule has 5 nitrogen and oxygen atoms in total. The maximum Gasteiger partial charge on any atom is 0.246 e. The molecule has 0 spiro atoms. The lowest BCUT2D eigenvalue weighted by Gasteiger charge is -2.33. The first-order valence-corrected chi connectivity index (χ1v) is 8.78. The van der Waals surface area contributed by atoms with E-state index in [0.29, 0.717) is 24.1 Å². The summed E-state index contributed by atoms with van der Waals surface area (Å²) >= 11 is 0. The van der Waals surface area contributed by atoms with E-state index in [1.807, 2.05) is 34.6 Å². The van der Waals surface area contributed by atoms with Crippen molar-refractivity contribution < 1.29 is 12.8 Å². The van der Waals surface area contributed by atoms with E-state index in [-0.39, 0.29) is 4.90 Å². The van der Waals surface area contributed by atoms with E-state index in [1.165, 1.54) is 4.31 Å². The van der Waals surface area contributed by atoms with Gasteiger partial charge >= 0.3 is 0 Å². The smallest absolute Gasteiger partial charge is 0.246 e. The van der Waals surface area contributed by atoms with Gasteiger partial charge in [0.2, 0.25) is 10.0 Å². The molecule has 6 heteroatoms. The van der Waals surface area contributed by atoms with Gasteiger partial charge in [-0.15, -0.1) is 0 Å². The van der Waals surface area contributed by atoms with Crippen molar-refractivity contribution in [3.63, 3.8) is 0 Å². The zero-order chi connectivity index (χ0) is 16.4. The summed E-state index contributed by atoms with van der Waals surface area (Å²) < 4.78 is 32.5. The lowest BCUT2D eigenvalue weighted by atomic mass is 10.0. The van der Waals surface area contributed by atoms with Crippen LogP contribution in [0.15, 0.2) is 15.4 Å². The maximum atomic E-state index is 12.8. The van der Waals surface area contributed by atoms with E-state index < -0.39 is 15.6 Å². The molecule has 0 saturated heterocycles. The molecule has 1 N–H and O–H groups in total. The average Bonchev–Trinajstić information content (AvgIpc) is 2.77. The second-order valence-corrected chi connectivity index (χ2v) is 8.24. The standard InChI is InChI=1S/C15H28N2O3S/c1-8-15(5,6)17(7)21(18,19)14-9-13(20-12(14)4)10-16-11(2)3/h9,11,16H,8,10H2,1-7H3. The Balaban J connectivity index is 3.09. The molecule has 0 aliphatic heterocycles. The van der Waals surface area contributed by atoms with E-state index in [2.05, 4.69) is 5.32 Å². The van der Waals surface area contributed by atoms with Gasteiger partial charge in [-0.25, -0.2) is 8.42 Å². The molecule has 1 aromatic rings. The highest BCUT2D eigenvalue weighted by atomic mass is 32.2. The Hall–Kier alpha value is -0.850. The van der Waals surface area contributed by atoms with Gasteiger partial charge in [0.05, 0.1) is 6.54 Å². The summed E-state index contributed by atoms with van der Waals surface area (Å²) in [6.45, 7) is 12.1. The first-order chi connectivity index (χ1) is 9.52. The number of rotatable bonds is 7. The van der Waals surface area contributed by atoms with Crippen LogP contribution in [-0.2, 0) is 16.6 Å². The van der Waals surface area contributed by atoms with Crippen LogP contribution in [0, 0.1) is 6.92 Å². The van der Waals surface area contributed by atoms with Crippen molar-refractivity contribution in [1.82, 2.24) is 9.62 Å². The number of nitrogens with one attached hydrogen (secondary N) is 1. The average molecular weight is 316 g/mol. The normalized spacial score (nSPS) is 13.4. The predicted octanol–water partition coefficient (Wildman–Crippen LogP) is 2.90. The van der Waals surface area contributed by atoms with Gasteiger partial charge in [-0.1, -0.05) is 20.8 Å². The predicted molar refractivity (Wildman–Crippen MR) is 84.7 cm³/mol. The Bertz CT molecular complexity index is 574. The fraction of sp³-hybridized carbons (Fsp3) is 0.733. The van der Waals surface area contributed by atoms with E-state index in [9.17, 15) is 8.42 Å². The van der Waals surface area contributed by atoms with Crippen molar-refractivity contribution in [2.45, 2.75) is 71.0 Å². The second-order valence-electron chi connectivity index (χ2n) is 6.31. The highest BCUT2D eigenvalue weighted by Gasteiger charge is 2.34. The third-order valence-corrected chi connectivity index (χ3v) is 6.14. The molecule has 122 valence electrons. The molecular formula is C15H28N2O3S. The van der Waals surface area contributed by atoms with Gasteiger partial charge in [0.1, 0.15) is 16.4 Å². The van der Waals surface area contributed by atoms with E-state index in [4.69, 9.17) is 4.42 Å². The monoisotopic (exact) mass is 316 g/mol. The van der Waals surface area contributed by atoms with Gasteiger partial charge in [0.15, 0.2) is 0 Å². The Morgan fingerprint density at radius 3 is 2.43 bits per heavy atom. The lowest BCUT2D eigenvalue weighted by Crippen LogP contribution is -2.44. The van der Waals surface area contributed by atoms with Crippen molar-refractivity contribution in [2.24, 2.45) is 0 Å². The quantitative estimate of drug-likeness (QED) is 0.840. The van der Waals surface area contributed by atoms with Crippen LogP contribution < -0.4 is 5.32 Å². The van der Waals surface area contributed by atoms with Gasteiger partial charge in [-0.3, -0.25) is 0 Å². The second kappa shape index (κ2) is 6.50. The SMILES string of the molecule is CCC(C)(C)N(C)S(=O)(=O)c1cc(CNC(C)C)oc1C. The first-order valence-electron chi connectivity index (χ1n) is 7.34. The van der Waals surface area contributed by atoms with Gasteiger partial charge < -0.3 is 9.73 Å². The number of nitrogens with zero attached hydrogens (tertiary/aromatic N) is 1. The molecule has 0 bridgehead atoms. The van der Waals surface area contributed by atoms with Crippen molar-refractivity contribution >= 4 is 10.0 Å². The zero-order valence-electron chi connectivity index (χ0n) is 14.1. The molecule has 1 aromatic heterocycles. The van der Waals surface area contributed by atoms with Gasteiger partial charge in [-0.05, 0) is 27.2 Å². The van der Waals surface area contributed by atoms with Crippen LogP contribution >= 0.6 is 0 Å². The highest BCUT2D eigenvalue weighted by Crippen LogP contribution is 2.28. The first kappa shape index (κ1) is 18.2. The molecule has 0 fully saturated rings. The molecule has 1 rings (SSSR count). The molecule has 21 heavy (non-hydrogen) atoms. The lowest BCUT2D eigenvalue weighted by molar-refractivity contribution is 0.257. The minimum absolute atomic E-state index is 0.257. The van der Waals surface area contributed by atoms with Crippen LogP contribution in [0.5, 0.6) is 0 Å². The summed E-state index contributed by atoms with van der Waals surface area (Å²) in [5.74, 6) is 1.08. The highest BCUT2D eigenvalue weighted by molar-refractivity contribution is 7.89. The third kappa shape index (κ3) is 4.08. The molecule has 0 aliphatic carbocycles. The van der Waals surface area contributed by atoms with E-state index >= 15 is 0 Å². The Morgan fingerprint density at radius 2 is 1.95 bits per heavy atom. The Labute approximate surface area is 128 Å². The van der Waals surface area contributed by atoms with Crippen molar-refractivity contribution in [3.8, 4) is 0 Å². The van der Waals surface area contributed by atoms with Crippen molar-refractivity contribution in [3.05, 3.63) is 17.6 Å². The van der Waals surface area contributed by atoms with Crippen molar-refractivity contribution in [1.29, 1.82) is 0 Å². The van der Waals surface area contributed by atoms with E-state index in [1.54, 1.807) is 20.0 Å². The van der Waals surface area contributed by atoms with Gasteiger partial charge in [-0.2, -0.15) is 4.31 Å². The summed E-state index contributed by atoms with van der Waals surface area (Å²) in [4.78, 5) is 0.257. The molecule has 0 radical (unpaired) electrons. The zero-order valence-corrected chi connectivity index (χ0v) is 15.0. The number of furan rings is 1. The summed E-state index contributed by atoms with van der Waals surface area (Å²) in [5.41, 5.74) is -0.432. The minimum Gasteiger partial charge on any atom is -0.464 e. The molecule has 0 saturated carbocycles. The Kier molecular flexibility index (Phi) is 5.63. The minimum atomic E-state index is -3.55.